The molecule has 2 unspecified atom stereocenters. The molecule has 0 N–H and O–H groups in total. The molecule has 2 heterocycles. The molecule has 2 saturated heterocycles. The van der Waals surface area contributed by atoms with Gasteiger partial charge in [0, 0.05) is 17.7 Å². The Balaban J connectivity index is 1.58. The summed E-state index contributed by atoms with van der Waals surface area (Å²) in [5.41, 5.74) is -0.102. The van der Waals surface area contributed by atoms with Crippen LogP contribution in [0.5, 0.6) is 0 Å². The summed E-state index contributed by atoms with van der Waals surface area (Å²) in [7, 11) is 1.65. The van der Waals surface area contributed by atoms with Gasteiger partial charge in [-0.05, 0) is 12.6 Å². The number of hydrogen-bond acceptors (Lipinski definition) is 5. The number of benzene rings is 2. The molecule has 5 rings (SSSR count). The van der Waals surface area contributed by atoms with E-state index in [1.165, 1.54) is 4.90 Å². The van der Waals surface area contributed by atoms with Crippen LogP contribution in [0.3, 0.4) is 0 Å². The molecule has 6 heteroatoms. The molecule has 1 spiro atoms. The largest absolute Gasteiger partial charge is 0.291 e. The lowest BCUT2D eigenvalue weighted by Crippen LogP contribution is -2.58. The van der Waals surface area contributed by atoms with Crippen LogP contribution in [0.15, 0.2) is 54.6 Å². The van der Waals surface area contributed by atoms with E-state index in [1.54, 1.807) is 36.2 Å². The van der Waals surface area contributed by atoms with Crippen molar-refractivity contribution in [1.29, 1.82) is 0 Å². The Bertz CT molecular complexity index is 1010. The number of likely N-dealkylation sites (tertiary alicyclic amines) is 2. The number of carbonyl (C=O) groups is 4. The van der Waals surface area contributed by atoms with E-state index < -0.39 is 23.3 Å². The maximum Gasteiger partial charge on any atom is 0.236 e. The average Bonchev–Trinajstić information content (AvgIpc) is 3.23. The van der Waals surface area contributed by atoms with Gasteiger partial charge in [0.05, 0.1) is 18.4 Å². The third-order valence-electron chi connectivity index (χ3n) is 6.33. The summed E-state index contributed by atoms with van der Waals surface area (Å²) in [6, 6.07) is 15.9. The molecule has 2 aromatic carbocycles. The molecular weight excluding hydrogens is 356 g/mol. The number of Topliss-reactive ketones (excluding diaryl/α,β-unsaturated/α-hetero) is 2. The number of hydrogen-bond donors (Lipinski definition) is 0. The Morgan fingerprint density at radius 3 is 2.04 bits per heavy atom. The van der Waals surface area contributed by atoms with Crippen molar-refractivity contribution in [3.63, 3.8) is 0 Å². The lowest BCUT2D eigenvalue weighted by molar-refractivity contribution is -0.142. The maximum absolute atomic E-state index is 13.4. The van der Waals surface area contributed by atoms with Crippen LogP contribution >= 0.6 is 0 Å². The van der Waals surface area contributed by atoms with E-state index in [0.717, 1.165) is 5.56 Å². The van der Waals surface area contributed by atoms with Gasteiger partial charge in [-0.15, -0.1) is 0 Å². The van der Waals surface area contributed by atoms with Crippen LogP contribution in [0.4, 0.5) is 0 Å². The number of ketones is 2. The van der Waals surface area contributed by atoms with Crippen molar-refractivity contribution in [1.82, 2.24) is 9.80 Å². The van der Waals surface area contributed by atoms with Gasteiger partial charge in [-0.25, -0.2) is 0 Å². The van der Waals surface area contributed by atoms with Gasteiger partial charge in [-0.3, -0.25) is 29.0 Å². The minimum Gasteiger partial charge on any atom is -0.291 e. The second kappa shape index (κ2) is 5.69. The van der Waals surface area contributed by atoms with E-state index in [4.69, 9.17) is 0 Å². The Morgan fingerprint density at radius 1 is 0.857 bits per heavy atom. The highest BCUT2D eigenvalue weighted by molar-refractivity contribution is 6.35. The number of rotatable bonds is 2. The number of imide groups is 1. The molecule has 3 aliphatic rings. The number of carbonyl (C=O) groups excluding carboxylic acids is 4. The summed E-state index contributed by atoms with van der Waals surface area (Å²) >= 11 is 0. The van der Waals surface area contributed by atoms with Crippen molar-refractivity contribution in [2.24, 2.45) is 11.8 Å². The first-order valence-corrected chi connectivity index (χ1v) is 9.27. The molecule has 6 nitrogen and oxygen atoms in total. The smallest absolute Gasteiger partial charge is 0.236 e. The number of fused-ring (bicyclic) bond motifs is 3. The number of amides is 2. The van der Waals surface area contributed by atoms with Gasteiger partial charge in [-0.1, -0.05) is 54.6 Å². The second-order valence-corrected chi connectivity index (χ2v) is 7.68. The maximum atomic E-state index is 13.4. The molecule has 0 saturated carbocycles. The van der Waals surface area contributed by atoms with Crippen molar-refractivity contribution in [3.8, 4) is 0 Å². The predicted octanol–water partition coefficient (Wildman–Crippen LogP) is 1.55. The van der Waals surface area contributed by atoms with E-state index in [9.17, 15) is 19.2 Å². The van der Waals surface area contributed by atoms with Crippen LogP contribution in [0.1, 0.15) is 26.3 Å². The van der Waals surface area contributed by atoms with Gasteiger partial charge in [0.25, 0.3) is 0 Å². The molecule has 2 aliphatic heterocycles. The highest BCUT2D eigenvalue weighted by Crippen LogP contribution is 2.50. The van der Waals surface area contributed by atoms with Crippen LogP contribution in [-0.2, 0) is 16.1 Å². The van der Waals surface area contributed by atoms with Crippen molar-refractivity contribution in [2.45, 2.75) is 12.1 Å². The molecule has 1 aliphatic carbocycles. The van der Waals surface area contributed by atoms with Crippen molar-refractivity contribution in [2.75, 3.05) is 13.6 Å². The minimum absolute atomic E-state index is 0.153. The fourth-order valence-electron chi connectivity index (χ4n) is 5.07. The normalized spacial score (nSPS) is 25.7. The van der Waals surface area contributed by atoms with Gasteiger partial charge in [0.2, 0.25) is 11.8 Å². The quantitative estimate of drug-likeness (QED) is 0.589. The highest BCUT2D eigenvalue weighted by atomic mass is 16.2. The summed E-state index contributed by atoms with van der Waals surface area (Å²) in [4.78, 5) is 55.9. The molecule has 0 aromatic heterocycles. The van der Waals surface area contributed by atoms with Crippen molar-refractivity contribution in [3.05, 3.63) is 71.3 Å². The van der Waals surface area contributed by atoms with E-state index in [1.807, 2.05) is 30.3 Å². The zero-order valence-corrected chi connectivity index (χ0v) is 15.3. The van der Waals surface area contributed by atoms with E-state index in [-0.39, 0.29) is 30.6 Å². The first-order chi connectivity index (χ1) is 13.5. The monoisotopic (exact) mass is 374 g/mol. The third-order valence-corrected chi connectivity index (χ3v) is 6.33. The van der Waals surface area contributed by atoms with Gasteiger partial charge < -0.3 is 0 Å². The molecular formula is C22H18N2O4. The summed E-state index contributed by atoms with van der Waals surface area (Å²) in [6.07, 6.45) is 0. The lowest BCUT2D eigenvalue weighted by Gasteiger charge is -2.33. The Kier molecular flexibility index (Phi) is 3.46. The highest BCUT2D eigenvalue weighted by Gasteiger charge is 2.72. The zero-order valence-electron chi connectivity index (χ0n) is 15.3. The SMILES string of the molecule is CN1CC2C(=O)N(Cc3ccccc3)C(=O)C2C12C(=O)c1ccccc1C2=O. The number of nitrogens with zero attached hydrogens (tertiary/aromatic N) is 2. The molecule has 2 amide bonds. The van der Waals surface area contributed by atoms with Crippen LogP contribution < -0.4 is 0 Å². The molecule has 2 atom stereocenters. The van der Waals surface area contributed by atoms with Gasteiger partial charge >= 0.3 is 0 Å². The molecule has 2 fully saturated rings. The first kappa shape index (κ1) is 17.0. The Morgan fingerprint density at radius 2 is 1.43 bits per heavy atom. The molecule has 0 bridgehead atoms. The molecule has 140 valence electrons. The molecule has 2 aromatic rings. The van der Waals surface area contributed by atoms with E-state index in [2.05, 4.69) is 0 Å². The van der Waals surface area contributed by atoms with E-state index >= 15 is 0 Å². The van der Waals surface area contributed by atoms with Gasteiger partial charge in [0.15, 0.2) is 17.1 Å². The van der Waals surface area contributed by atoms with Crippen LogP contribution in [0.2, 0.25) is 0 Å². The minimum atomic E-state index is -1.60. The van der Waals surface area contributed by atoms with Gasteiger partial charge in [0.1, 0.15) is 0 Å². The zero-order chi connectivity index (χ0) is 19.6. The topological polar surface area (TPSA) is 74.8 Å². The van der Waals surface area contributed by atoms with Crippen molar-refractivity contribution < 1.29 is 19.2 Å². The van der Waals surface area contributed by atoms with Crippen LogP contribution in [0, 0.1) is 11.8 Å². The summed E-state index contributed by atoms with van der Waals surface area (Å²) in [5.74, 6) is -3.13. The third kappa shape index (κ3) is 1.90. The second-order valence-electron chi connectivity index (χ2n) is 7.68. The summed E-state index contributed by atoms with van der Waals surface area (Å²) in [5, 5.41) is 0. The molecule has 28 heavy (non-hydrogen) atoms. The summed E-state index contributed by atoms with van der Waals surface area (Å²) in [6.45, 7) is 0.368. The van der Waals surface area contributed by atoms with Gasteiger partial charge in [-0.2, -0.15) is 0 Å². The molecule has 0 radical (unpaired) electrons. The standard InChI is InChI=1S/C22H18N2O4/c1-23-12-16-17(21(28)24(20(16)27)11-13-7-3-2-4-8-13)22(23)18(25)14-9-5-6-10-15(14)19(22)26/h2-10,16-17H,11-12H2,1H3. The Hall–Kier alpha value is -3.12. The number of likely N-dealkylation sites (N-methyl/N-ethyl adjacent to an activating group) is 1. The van der Waals surface area contributed by atoms with E-state index in [0.29, 0.717) is 11.1 Å². The van der Waals surface area contributed by atoms with Crippen LogP contribution in [0.25, 0.3) is 0 Å². The average molecular weight is 374 g/mol. The fraction of sp³-hybridized carbons (Fsp3) is 0.273. The Labute approximate surface area is 161 Å². The fourth-order valence-corrected chi connectivity index (χ4v) is 5.07. The predicted molar refractivity (Wildman–Crippen MR) is 99.4 cm³/mol. The lowest BCUT2D eigenvalue weighted by atomic mass is 9.77. The summed E-state index contributed by atoms with van der Waals surface area (Å²) < 4.78 is 0. The van der Waals surface area contributed by atoms with Crippen molar-refractivity contribution >= 4 is 23.4 Å². The van der Waals surface area contributed by atoms with Crippen LogP contribution in [-0.4, -0.2) is 52.3 Å². The first-order valence-electron chi connectivity index (χ1n) is 9.27.